The summed E-state index contributed by atoms with van der Waals surface area (Å²) in [6, 6.07) is 7.95. The van der Waals surface area contributed by atoms with Crippen LogP contribution in [0, 0.1) is 6.92 Å². The summed E-state index contributed by atoms with van der Waals surface area (Å²) in [4.78, 5) is 13.1. The summed E-state index contributed by atoms with van der Waals surface area (Å²) < 4.78 is 0. The Morgan fingerprint density at radius 3 is 2.82 bits per heavy atom. The van der Waals surface area contributed by atoms with E-state index in [4.69, 9.17) is 0 Å². The maximum atomic E-state index is 4.47. The molecule has 0 amide bonds. The van der Waals surface area contributed by atoms with E-state index in [-0.39, 0.29) is 0 Å². The fourth-order valence-corrected chi connectivity index (χ4v) is 2.55. The van der Waals surface area contributed by atoms with E-state index in [1.165, 1.54) is 0 Å². The molecule has 0 fully saturated rings. The van der Waals surface area contributed by atoms with Crippen LogP contribution < -0.4 is 0 Å². The molecule has 2 aromatic heterocycles. The minimum atomic E-state index is 0.827. The van der Waals surface area contributed by atoms with Gasteiger partial charge in [-0.05, 0) is 31.4 Å². The minimum absolute atomic E-state index is 0.827. The molecule has 0 saturated carbocycles. The molecule has 0 atom stereocenters. The fraction of sp³-hybridized carbons (Fsp3) is 0.250. The van der Waals surface area contributed by atoms with E-state index in [1.807, 2.05) is 37.4 Å². The van der Waals surface area contributed by atoms with Crippen LogP contribution in [-0.4, -0.2) is 21.2 Å². The van der Waals surface area contributed by atoms with E-state index in [9.17, 15) is 0 Å². The summed E-state index contributed by atoms with van der Waals surface area (Å²) in [6.07, 6.45) is 3.80. The zero-order valence-electron chi connectivity index (χ0n) is 9.75. The molecule has 0 unspecified atom stereocenters. The van der Waals surface area contributed by atoms with Crippen molar-refractivity contribution in [3.05, 3.63) is 41.9 Å². The van der Waals surface area contributed by atoms with Crippen LogP contribution in [0.4, 0.5) is 0 Å². The van der Waals surface area contributed by atoms with Gasteiger partial charge in [0.1, 0.15) is 0 Å². The van der Waals surface area contributed by atoms with E-state index in [2.05, 4.69) is 15.0 Å². The number of rotatable bonds is 4. The topological polar surface area (TPSA) is 38.7 Å². The summed E-state index contributed by atoms with van der Waals surface area (Å²) >= 11 is 3.26. The summed E-state index contributed by atoms with van der Waals surface area (Å²) in [5.41, 5.74) is 2.07. The average Bonchev–Trinajstić information content (AvgIpc) is 2.37. The molecule has 3 nitrogen and oxygen atoms in total. The maximum absolute atomic E-state index is 4.47. The number of aromatic nitrogens is 3. The normalized spacial score (nSPS) is 10.5. The van der Waals surface area contributed by atoms with Crippen LogP contribution in [0.3, 0.4) is 0 Å². The second-order valence-electron chi connectivity index (χ2n) is 3.44. The van der Waals surface area contributed by atoms with Gasteiger partial charge in [0.2, 0.25) is 0 Å². The number of hydrogen-bond donors (Lipinski definition) is 0. The van der Waals surface area contributed by atoms with Crippen molar-refractivity contribution in [2.45, 2.75) is 22.9 Å². The summed E-state index contributed by atoms with van der Waals surface area (Å²) in [5, 5.41) is 1.86. The molecule has 2 heterocycles. The van der Waals surface area contributed by atoms with Crippen LogP contribution >= 0.6 is 23.5 Å². The third-order valence-corrected chi connectivity index (χ3v) is 3.60. The highest BCUT2D eigenvalue weighted by atomic mass is 32.2. The fourth-order valence-electron chi connectivity index (χ4n) is 1.35. The lowest BCUT2D eigenvalue weighted by molar-refractivity contribution is 0.898. The molecule has 0 aliphatic heterocycles. The van der Waals surface area contributed by atoms with Crippen LogP contribution in [0.2, 0.25) is 0 Å². The van der Waals surface area contributed by atoms with Gasteiger partial charge in [0.25, 0.3) is 0 Å². The molecule has 17 heavy (non-hydrogen) atoms. The summed E-state index contributed by atoms with van der Waals surface area (Å²) in [6.45, 7) is 2.00. The van der Waals surface area contributed by atoms with E-state index in [1.54, 1.807) is 29.7 Å². The standard InChI is InChI=1S/C12H13N3S2/c1-9-7-10(15-12(14-9)16-2)8-17-11-5-3-4-6-13-11/h3-7H,8H2,1-2H3. The first kappa shape index (κ1) is 12.4. The maximum Gasteiger partial charge on any atom is 0.187 e. The first-order valence-electron chi connectivity index (χ1n) is 5.20. The van der Waals surface area contributed by atoms with Gasteiger partial charge in [-0.15, -0.1) is 11.8 Å². The Labute approximate surface area is 109 Å². The second-order valence-corrected chi connectivity index (χ2v) is 5.21. The van der Waals surface area contributed by atoms with Crippen molar-refractivity contribution in [2.75, 3.05) is 6.26 Å². The van der Waals surface area contributed by atoms with Crippen molar-refractivity contribution in [1.82, 2.24) is 15.0 Å². The Balaban J connectivity index is 2.06. The van der Waals surface area contributed by atoms with Crippen LogP contribution in [0.1, 0.15) is 11.4 Å². The molecule has 2 rings (SSSR count). The number of thioether (sulfide) groups is 2. The first-order valence-corrected chi connectivity index (χ1v) is 7.41. The van der Waals surface area contributed by atoms with Crippen molar-refractivity contribution in [3.63, 3.8) is 0 Å². The van der Waals surface area contributed by atoms with Crippen molar-refractivity contribution in [2.24, 2.45) is 0 Å². The van der Waals surface area contributed by atoms with Gasteiger partial charge in [-0.3, -0.25) is 0 Å². The van der Waals surface area contributed by atoms with Gasteiger partial charge in [0.15, 0.2) is 5.16 Å². The monoisotopic (exact) mass is 263 g/mol. The average molecular weight is 263 g/mol. The Hall–Kier alpha value is -1.07. The largest absolute Gasteiger partial charge is 0.250 e. The molecule has 0 spiro atoms. The van der Waals surface area contributed by atoms with Gasteiger partial charge >= 0.3 is 0 Å². The molecule has 0 aromatic carbocycles. The highest BCUT2D eigenvalue weighted by molar-refractivity contribution is 7.98. The Bertz CT molecular complexity index is 488. The lowest BCUT2D eigenvalue weighted by Crippen LogP contribution is -1.95. The van der Waals surface area contributed by atoms with E-state index in [0.717, 1.165) is 27.3 Å². The van der Waals surface area contributed by atoms with Crippen molar-refractivity contribution < 1.29 is 0 Å². The number of pyridine rings is 1. The van der Waals surface area contributed by atoms with E-state index < -0.39 is 0 Å². The molecule has 0 radical (unpaired) electrons. The van der Waals surface area contributed by atoms with Crippen LogP contribution in [0.25, 0.3) is 0 Å². The first-order chi connectivity index (χ1) is 8.28. The van der Waals surface area contributed by atoms with Crippen molar-refractivity contribution >= 4 is 23.5 Å². The Morgan fingerprint density at radius 1 is 1.24 bits per heavy atom. The summed E-state index contributed by atoms with van der Waals surface area (Å²) in [5.74, 6) is 0.827. The third-order valence-electron chi connectivity index (χ3n) is 2.08. The zero-order chi connectivity index (χ0) is 12.1. The highest BCUT2D eigenvalue weighted by Gasteiger charge is 2.02. The predicted molar refractivity (Wildman–Crippen MR) is 72.3 cm³/mol. The molecular weight excluding hydrogens is 250 g/mol. The Kier molecular flexibility index (Phi) is 4.39. The molecular formula is C12H13N3S2. The SMILES string of the molecule is CSc1nc(C)cc(CSc2ccccn2)n1. The predicted octanol–water partition coefficient (Wildman–Crippen LogP) is 3.19. The van der Waals surface area contributed by atoms with Crippen LogP contribution in [0.5, 0.6) is 0 Å². The van der Waals surface area contributed by atoms with Crippen molar-refractivity contribution in [1.29, 1.82) is 0 Å². The lowest BCUT2D eigenvalue weighted by Gasteiger charge is -2.03. The molecule has 0 saturated heterocycles. The molecule has 2 aromatic rings. The molecule has 5 heteroatoms. The molecule has 0 bridgehead atoms. The smallest absolute Gasteiger partial charge is 0.187 e. The second kappa shape index (κ2) is 6.02. The van der Waals surface area contributed by atoms with Gasteiger partial charge in [-0.25, -0.2) is 15.0 Å². The molecule has 0 aliphatic rings. The number of aryl methyl sites for hydroxylation is 1. The summed E-state index contributed by atoms with van der Waals surface area (Å²) in [7, 11) is 0. The highest BCUT2D eigenvalue weighted by Crippen LogP contribution is 2.20. The van der Waals surface area contributed by atoms with Crippen LogP contribution in [-0.2, 0) is 5.75 Å². The van der Waals surface area contributed by atoms with E-state index in [0.29, 0.717) is 0 Å². The zero-order valence-corrected chi connectivity index (χ0v) is 11.4. The van der Waals surface area contributed by atoms with Gasteiger partial charge in [-0.1, -0.05) is 17.8 Å². The van der Waals surface area contributed by atoms with Crippen LogP contribution in [0.15, 0.2) is 40.6 Å². The van der Waals surface area contributed by atoms with E-state index >= 15 is 0 Å². The van der Waals surface area contributed by atoms with Crippen molar-refractivity contribution in [3.8, 4) is 0 Å². The minimum Gasteiger partial charge on any atom is -0.250 e. The quantitative estimate of drug-likeness (QED) is 0.625. The molecule has 0 N–H and O–H groups in total. The molecule has 0 aliphatic carbocycles. The number of nitrogens with zero attached hydrogens (tertiary/aromatic N) is 3. The van der Waals surface area contributed by atoms with Gasteiger partial charge in [0, 0.05) is 17.6 Å². The Morgan fingerprint density at radius 2 is 2.12 bits per heavy atom. The number of hydrogen-bond acceptors (Lipinski definition) is 5. The van der Waals surface area contributed by atoms with Gasteiger partial charge < -0.3 is 0 Å². The molecule has 88 valence electrons. The lowest BCUT2D eigenvalue weighted by atomic mass is 10.4. The van der Waals surface area contributed by atoms with Gasteiger partial charge in [-0.2, -0.15) is 0 Å². The third kappa shape index (κ3) is 3.71. The van der Waals surface area contributed by atoms with Gasteiger partial charge in [0.05, 0.1) is 10.7 Å².